The molecule has 4 rings (SSSR count). The highest BCUT2D eigenvalue weighted by Crippen LogP contribution is 2.40. The monoisotopic (exact) mass is 495 g/mol. The van der Waals surface area contributed by atoms with Gasteiger partial charge < -0.3 is 9.47 Å². The quantitative estimate of drug-likeness (QED) is 0.522. The number of methoxy groups -OCH3 is 2. The molecule has 3 aromatic rings. The zero-order valence-electron chi connectivity index (χ0n) is 17.3. The fourth-order valence-corrected chi connectivity index (χ4v) is 5.22. The third-order valence-corrected chi connectivity index (χ3v) is 7.00. The van der Waals surface area contributed by atoms with Crippen LogP contribution in [0.25, 0.3) is 0 Å². The van der Waals surface area contributed by atoms with Gasteiger partial charge in [-0.25, -0.2) is 22.0 Å². The van der Waals surface area contributed by atoms with E-state index in [9.17, 15) is 22.0 Å². The number of benzene rings is 2. The van der Waals surface area contributed by atoms with Gasteiger partial charge in [0.25, 0.3) is 10.0 Å². The minimum atomic E-state index is -4.37. The van der Waals surface area contributed by atoms with Gasteiger partial charge >= 0.3 is 6.03 Å². The van der Waals surface area contributed by atoms with Gasteiger partial charge in [-0.15, -0.1) is 0 Å². The van der Waals surface area contributed by atoms with E-state index in [0.29, 0.717) is 10.4 Å². The molecule has 1 aromatic heterocycles. The molecule has 2 heterocycles. The fourth-order valence-electron chi connectivity index (χ4n) is 3.39. The Labute approximate surface area is 193 Å². The number of aromatic nitrogens is 1. The van der Waals surface area contributed by atoms with Crippen LogP contribution in [0.15, 0.2) is 53.4 Å². The minimum absolute atomic E-state index is 0.00498. The molecule has 0 saturated carbocycles. The molecular weight excluding hydrogens is 480 g/mol. The van der Waals surface area contributed by atoms with Crippen LogP contribution in [0.5, 0.6) is 11.8 Å². The highest BCUT2D eigenvalue weighted by Gasteiger charge is 2.43. The van der Waals surface area contributed by atoms with Crippen molar-refractivity contribution in [2.24, 2.45) is 0 Å². The summed E-state index contributed by atoms with van der Waals surface area (Å²) in [5.74, 6) is -1.85. The third-order valence-electron chi connectivity index (χ3n) is 4.92. The van der Waals surface area contributed by atoms with Crippen LogP contribution in [0, 0.1) is 11.6 Å². The van der Waals surface area contributed by atoms with Gasteiger partial charge in [-0.3, -0.25) is 4.90 Å². The highest BCUT2D eigenvalue weighted by molar-refractivity contribution is 7.94. The number of anilines is 2. The van der Waals surface area contributed by atoms with Crippen LogP contribution in [-0.2, 0) is 16.6 Å². The summed E-state index contributed by atoms with van der Waals surface area (Å²) >= 11 is 6.03. The van der Waals surface area contributed by atoms with Crippen molar-refractivity contribution in [2.75, 3.05) is 23.4 Å². The number of carbonyl (C=O) groups is 1. The molecule has 0 N–H and O–H groups in total. The van der Waals surface area contributed by atoms with Crippen molar-refractivity contribution in [3.8, 4) is 11.8 Å². The molecule has 0 fully saturated rings. The van der Waals surface area contributed by atoms with E-state index in [0.717, 1.165) is 11.0 Å². The Morgan fingerprint density at radius 1 is 1.03 bits per heavy atom. The van der Waals surface area contributed by atoms with E-state index >= 15 is 0 Å². The van der Waals surface area contributed by atoms with Crippen molar-refractivity contribution in [3.05, 3.63) is 70.8 Å². The van der Waals surface area contributed by atoms with Gasteiger partial charge in [-0.05, 0) is 18.2 Å². The molecule has 172 valence electrons. The van der Waals surface area contributed by atoms with Crippen LogP contribution in [-0.4, -0.2) is 33.7 Å². The van der Waals surface area contributed by atoms with Gasteiger partial charge in [-0.1, -0.05) is 23.7 Å². The van der Waals surface area contributed by atoms with Gasteiger partial charge in [0.15, 0.2) is 0 Å². The van der Waals surface area contributed by atoms with E-state index < -0.39 is 34.2 Å². The first kappa shape index (κ1) is 22.7. The van der Waals surface area contributed by atoms with Crippen LogP contribution in [0.1, 0.15) is 5.56 Å². The average molecular weight is 496 g/mol. The van der Waals surface area contributed by atoms with Crippen molar-refractivity contribution in [3.63, 3.8) is 0 Å². The maximum atomic E-state index is 14.5. The van der Waals surface area contributed by atoms with E-state index in [4.69, 9.17) is 21.1 Å². The van der Waals surface area contributed by atoms with Crippen molar-refractivity contribution < 1.29 is 31.5 Å². The van der Waals surface area contributed by atoms with Gasteiger partial charge in [0.1, 0.15) is 16.5 Å². The molecule has 2 aromatic carbocycles. The zero-order chi connectivity index (χ0) is 23.9. The lowest BCUT2D eigenvalue weighted by molar-refractivity contribution is 0.253. The van der Waals surface area contributed by atoms with Crippen LogP contribution in [0.2, 0.25) is 5.02 Å². The second-order valence-electron chi connectivity index (χ2n) is 6.86. The third kappa shape index (κ3) is 3.93. The molecule has 0 atom stereocenters. The summed E-state index contributed by atoms with van der Waals surface area (Å²) in [5.41, 5.74) is -0.259. The smallest absolute Gasteiger partial charge is 0.343 e. The van der Waals surface area contributed by atoms with E-state index in [-0.39, 0.29) is 38.6 Å². The van der Waals surface area contributed by atoms with Gasteiger partial charge in [0, 0.05) is 23.8 Å². The number of nitrogens with zero attached hydrogens (tertiary/aromatic N) is 3. The number of urea groups is 1. The van der Waals surface area contributed by atoms with Crippen LogP contribution in [0.3, 0.4) is 0 Å². The molecule has 0 radical (unpaired) electrons. The van der Waals surface area contributed by atoms with E-state index in [1.807, 2.05) is 0 Å². The summed E-state index contributed by atoms with van der Waals surface area (Å²) in [4.78, 5) is 18.4. The first-order chi connectivity index (χ1) is 15.7. The molecule has 33 heavy (non-hydrogen) atoms. The average Bonchev–Trinajstić information content (AvgIpc) is 2.77. The predicted molar refractivity (Wildman–Crippen MR) is 116 cm³/mol. The molecule has 0 unspecified atom stereocenters. The predicted octanol–water partition coefficient (Wildman–Crippen LogP) is 4.37. The zero-order valence-corrected chi connectivity index (χ0v) is 18.8. The summed E-state index contributed by atoms with van der Waals surface area (Å²) < 4.78 is 65.6. The maximum Gasteiger partial charge on any atom is 0.343 e. The minimum Gasteiger partial charge on any atom is -0.481 e. The van der Waals surface area contributed by atoms with Crippen molar-refractivity contribution in [2.45, 2.75) is 11.4 Å². The van der Waals surface area contributed by atoms with Crippen LogP contribution < -0.4 is 18.7 Å². The molecule has 2 amide bonds. The first-order valence-electron chi connectivity index (χ1n) is 9.36. The van der Waals surface area contributed by atoms with E-state index in [1.54, 1.807) is 0 Å². The summed E-state index contributed by atoms with van der Waals surface area (Å²) in [6.45, 7) is -0.452. The Morgan fingerprint density at radius 2 is 1.67 bits per heavy atom. The summed E-state index contributed by atoms with van der Waals surface area (Å²) in [6, 6.07) is 8.77. The Bertz CT molecular complexity index is 1320. The Balaban J connectivity index is 1.91. The van der Waals surface area contributed by atoms with E-state index in [1.165, 1.54) is 50.6 Å². The summed E-state index contributed by atoms with van der Waals surface area (Å²) in [5, 5.41) is -0.245. The SMILES string of the molecule is COc1cc(N2C(=O)N(Cc3c(F)cc(F)cc3Cl)c3ccccc3S2(=O)=O)cc(OC)n1. The number of hydrogen-bond donors (Lipinski definition) is 0. The molecule has 0 spiro atoms. The number of rotatable bonds is 5. The maximum absolute atomic E-state index is 14.5. The van der Waals surface area contributed by atoms with Crippen molar-refractivity contribution in [1.29, 1.82) is 0 Å². The van der Waals surface area contributed by atoms with Gasteiger partial charge in [0.2, 0.25) is 11.8 Å². The number of halogens is 3. The number of amides is 2. The molecule has 8 nitrogen and oxygen atoms in total. The summed E-state index contributed by atoms with van der Waals surface area (Å²) in [7, 11) is -1.73. The lowest BCUT2D eigenvalue weighted by Gasteiger charge is -2.36. The van der Waals surface area contributed by atoms with Gasteiger partial charge in [-0.2, -0.15) is 9.29 Å². The molecule has 0 bridgehead atoms. The van der Waals surface area contributed by atoms with E-state index in [2.05, 4.69) is 4.98 Å². The molecule has 1 aliphatic heterocycles. The number of ether oxygens (including phenoxy) is 2. The first-order valence-corrected chi connectivity index (χ1v) is 11.2. The molecular formula is C21H16ClF2N3O5S. The van der Waals surface area contributed by atoms with Crippen molar-refractivity contribution >= 4 is 39.0 Å². The molecule has 12 heteroatoms. The number of fused-ring (bicyclic) bond motifs is 1. The fraction of sp³-hybridized carbons (Fsp3) is 0.143. The highest BCUT2D eigenvalue weighted by atomic mass is 35.5. The number of para-hydroxylation sites is 1. The second kappa shape index (κ2) is 8.49. The van der Waals surface area contributed by atoms with Crippen LogP contribution >= 0.6 is 11.6 Å². The van der Waals surface area contributed by atoms with Crippen molar-refractivity contribution in [1.82, 2.24) is 4.98 Å². The molecule has 1 aliphatic rings. The Morgan fingerprint density at radius 3 is 2.27 bits per heavy atom. The number of sulfonamides is 1. The second-order valence-corrected chi connectivity index (χ2v) is 9.03. The summed E-state index contributed by atoms with van der Waals surface area (Å²) in [6.07, 6.45) is 0. The Kier molecular flexibility index (Phi) is 5.85. The normalized spacial score (nSPS) is 14.8. The Hall–Kier alpha value is -3.44. The number of hydrogen-bond acceptors (Lipinski definition) is 6. The standard InChI is InChI=1S/C21H16ClF2N3O5S/c1-31-19-9-13(10-20(25-19)32-2)27-21(28)26(11-14-15(22)7-12(23)8-16(14)24)17-5-3-4-6-18(17)33(27,29)30/h3-10H,11H2,1-2H3. The number of pyridine rings is 1. The molecule has 0 saturated heterocycles. The molecule has 0 aliphatic carbocycles. The van der Waals surface area contributed by atoms with Gasteiger partial charge in [0.05, 0.1) is 37.2 Å². The lowest BCUT2D eigenvalue weighted by Crippen LogP contribution is -2.50. The van der Waals surface area contributed by atoms with Crippen LogP contribution in [0.4, 0.5) is 25.0 Å². The lowest BCUT2D eigenvalue weighted by atomic mass is 10.1. The topological polar surface area (TPSA) is 89.0 Å². The largest absolute Gasteiger partial charge is 0.481 e. The number of carbonyl (C=O) groups excluding carboxylic acids is 1.